The van der Waals surface area contributed by atoms with Gasteiger partial charge in [-0.25, -0.2) is 0 Å². The molecule has 0 atom stereocenters. The van der Waals surface area contributed by atoms with Gasteiger partial charge in [0.25, 0.3) is 5.91 Å². The molecular formula is C28H22Cl2N2O6. The maximum atomic E-state index is 13.2. The van der Waals surface area contributed by atoms with Crippen molar-refractivity contribution < 1.29 is 29.3 Å². The van der Waals surface area contributed by atoms with Crippen molar-refractivity contribution >= 4 is 63.1 Å². The number of amides is 2. The van der Waals surface area contributed by atoms with Crippen molar-refractivity contribution in [1.82, 2.24) is 0 Å². The third-order valence-corrected chi connectivity index (χ3v) is 6.37. The molecule has 0 spiro atoms. The predicted molar refractivity (Wildman–Crippen MR) is 147 cm³/mol. The number of hydrogen-bond acceptors (Lipinski definition) is 5. The van der Waals surface area contributed by atoms with Gasteiger partial charge in [0.1, 0.15) is 17.2 Å². The number of aromatic hydroxyl groups is 1. The van der Waals surface area contributed by atoms with Crippen LogP contribution in [0.25, 0.3) is 10.8 Å². The second kappa shape index (κ2) is 11.4. The number of halogens is 2. The SMILES string of the molecule is Cc1cc(NC(=O)c2cc(Oc3ccc(NC(=O)CCC(=O)O)cc3)c3ccccc3c2O)c(Cl)cc1Cl. The van der Waals surface area contributed by atoms with Gasteiger partial charge in [0.05, 0.1) is 22.7 Å². The summed E-state index contributed by atoms with van der Waals surface area (Å²) in [5.74, 6) is -1.55. The van der Waals surface area contributed by atoms with E-state index in [1.54, 1.807) is 61.5 Å². The highest BCUT2D eigenvalue weighted by Gasteiger charge is 2.20. The number of carboxylic acid groups (broad SMARTS) is 1. The normalized spacial score (nSPS) is 10.7. The number of phenols is 1. The second-order valence-corrected chi connectivity index (χ2v) is 9.23. The molecule has 2 amide bonds. The first-order valence-electron chi connectivity index (χ1n) is 11.4. The number of aliphatic carboxylic acids is 1. The molecule has 38 heavy (non-hydrogen) atoms. The molecular weight excluding hydrogens is 531 g/mol. The summed E-state index contributed by atoms with van der Waals surface area (Å²) in [7, 11) is 0. The Balaban J connectivity index is 1.60. The molecule has 4 aromatic rings. The molecule has 4 rings (SSSR count). The summed E-state index contributed by atoms with van der Waals surface area (Å²) >= 11 is 12.3. The lowest BCUT2D eigenvalue weighted by molar-refractivity contribution is -0.138. The van der Waals surface area contributed by atoms with Gasteiger partial charge in [0.15, 0.2) is 0 Å². The lowest BCUT2D eigenvalue weighted by Gasteiger charge is -2.15. The number of fused-ring (bicyclic) bond motifs is 1. The maximum Gasteiger partial charge on any atom is 0.303 e. The highest BCUT2D eigenvalue weighted by Crippen LogP contribution is 2.39. The second-order valence-electron chi connectivity index (χ2n) is 8.42. The smallest absolute Gasteiger partial charge is 0.303 e. The molecule has 10 heteroatoms. The van der Waals surface area contributed by atoms with Crippen LogP contribution >= 0.6 is 23.2 Å². The Morgan fingerprint density at radius 1 is 0.868 bits per heavy atom. The van der Waals surface area contributed by atoms with E-state index in [2.05, 4.69) is 10.6 Å². The van der Waals surface area contributed by atoms with Crippen molar-refractivity contribution in [1.29, 1.82) is 0 Å². The number of carboxylic acids is 1. The monoisotopic (exact) mass is 552 g/mol. The molecule has 0 aromatic heterocycles. The third-order valence-electron chi connectivity index (χ3n) is 5.65. The van der Waals surface area contributed by atoms with Crippen molar-refractivity contribution in [2.75, 3.05) is 10.6 Å². The van der Waals surface area contributed by atoms with E-state index in [9.17, 15) is 19.5 Å². The minimum absolute atomic E-state index is 0.0234. The van der Waals surface area contributed by atoms with Gasteiger partial charge in [-0.1, -0.05) is 47.5 Å². The molecule has 8 nitrogen and oxygen atoms in total. The van der Waals surface area contributed by atoms with Crippen LogP contribution in [0.4, 0.5) is 11.4 Å². The van der Waals surface area contributed by atoms with E-state index in [4.69, 9.17) is 33.0 Å². The molecule has 0 bridgehead atoms. The Morgan fingerprint density at radius 2 is 1.55 bits per heavy atom. The van der Waals surface area contributed by atoms with E-state index in [0.29, 0.717) is 38.7 Å². The number of benzene rings is 4. The summed E-state index contributed by atoms with van der Waals surface area (Å²) in [4.78, 5) is 35.7. The van der Waals surface area contributed by atoms with E-state index in [1.807, 2.05) is 0 Å². The van der Waals surface area contributed by atoms with Gasteiger partial charge in [-0.05, 0) is 55.0 Å². The zero-order valence-corrected chi connectivity index (χ0v) is 21.6. The van der Waals surface area contributed by atoms with Crippen LogP contribution in [0.1, 0.15) is 28.8 Å². The van der Waals surface area contributed by atoms with Gasteiger partial charge in [-0.15, -0.1) is 0 Å². The minimum atomic E-state index is -1.05. The molecule has 0 aliphatic rings. The number of anilines is 2. The maximum absolute atomic E-state index is 13.2. The van der Waals surface area contributed by atoms with Crippen molar-refractivity contribution in [3.8, 4) is 17.2 Å². The summed E-state index contributed by atoms with van der Waals surface area (Å²) in [5, 5.41) is 26.7. The first-order valence-corrected chi connectivity index (χ1v) is 12.2. The number of hydrogen-bond donors (Lipinski definition) is 4. The summed E-state index contributed by atoms with van der Waals surface area (Å²) < 4.78 is 6.06. The lowest BCUT2D eigenvalue weighted by Crippen LogP contribution is -2.13. The van der Waals surface area contributed by atoms with Crippen LogP contribution in [0.3, 0.4) is 0 Å². The van der Waals surface area contributed by atoms with Gasteiger partial charge in [0.2, 0.25) is 5.91 Å². The van der Waals surface area contributed by atoms with Gasteiger partial charge >= 0.3 is 5.97 Å². The van der Waals surface area contributed by atoms with Crippen LogP contribution in [0, 0.1) is 6.92 Å². The van der Waals surface area contributed by atoms with Gasteiger partial charge < -0.3 is 25.6 Å². The standard InChI is InChI=1S/C28H22Cl2N2O6/c1-15-12-23(22(30)14-21(15)29)32-28(37)20-13-24(18-4-2-3-5-19(18)27(20)36)38-17-8-6-16(7-9-17)31-25(33)10-11-26(34)35/h2-9,12-14,36H,10-11H2,1H3,(H,31,33)(H,32,37)(H,34,35). The lowest BCUT2D eigenvalue weighted by atomic mass is 10.0. The fourth-order valence-electron chi connectivity index (χ4n) is 3.70. The predicted octanol–water partition coefficient (Wildman–Crippen LogP) is 7.01. The first kappa shape index (κ1) is 26.8. The van der Waals surface area contributed by atoms with Crippen LogP contribution in [0.2, 0.25) is 10.0 Å². The molecule has 0 unspecified atom stereocenters. The van der Waals surface area contributed by atoms with E-state index < -0.39 is 17.8 Å². The molecule has 4 aromatic carbocycles. The average Bonchev–Trinajstić information content (AvgIpc) is 2.88. The Kier molecular flexibility index (Phi) is 8.05. The Labute approximate surface area is 227 Å². The van der Waals surface area contributed by atoms with Gasteiger partial charge in [-0.3, -0.25) is 14.4 Å². The number of ether oxygens (including phenoxy) is 1. The van der Waals surface area contributed by atoms with Crippen LogP contribution < -0.4 is 15.4 Å². The largest absolute Gasteiger partial charge is 0.506 e. The molecule has 0 radical (unpaired) electrons. The van der Waals surface area contributed by atoms with Gasteiger partial charge in [-0.2, -0.15) is 0 Å². The highest BCUT2D eigenvalue weighted by molar-refractivity contribution is 6.37. The van der Waals surface area contributed by atoms with Gasteiger partial charge in [0, 0.05) is 27.9 Å². The van der Waals surface area contributed by atoms with E-state index >= 15 is 0 Å². The fraction of sp³-hybridized carbons (Fsp3) is 0.107. The molecule has 0 saturated heterocycles. The number of aryl methyl sites for hydroxylation is 1. The van der Waals surface area contributed by atoms with Crippen LogP contribution in [-0.4, -0.2) is 28.0 Å². The van der Waals surface area contributed by atoms with Crippen LogP contribution in [0.15, 0.2) is 66.7 Å². The third kappa shape index (κ3) is 6.16. The zero-order chi connectivity index (χ0) is 27.4. The zero-order valence-electron chi connectivity index (χ0n) is 20.0. The fourth-order valence-corrected chi connectivity index (χ4v) is 4.13. The van der Waals surface area contributed by atoms with Crippen LogP contribution in [0.5, 0.6) is 17.2 Å². The van der Waals surface area contributed by atoms with Crippen molar-refractivity contribution in [3.05, 3.63) is 87.9 Å². The quantitative estimate of drug-likeness (QED) is 0.186. The average molecular weight is 553 g/mol. The summed E-state index contributed by atoms with van der Waals surface area (Å²) in [6, 6.07) is 18.0. The first-order chi connectivity index (χ1) is 18.1. The molecule has 0 heterocycles. The topological polar surface area (TPSA) is 125 Å². The molecule has 4 N–H and O–H groups in total. The Bertz CT molecular complexity index is 1550. The number of nitrogens with one attached hydrogen (secondary N) is 2. The molecule has 0 aliphatic heterocycles. The van der Waals surface area contributed by atoms with Crippen molar-refractivity contribution in [2.45, 2.75) is 19.8 Å². The van der Waals surface area contributed by atoms with Crippen LogP contribution in [-0.2, 0) is 9.59 Å². The van der Waals surface area contributed by atoms with Crippen molar-refractivity contribution in [2.24, 2.45) is 0 Å². The summed E-state index contributed by atoms with van der Waals surface area (Å²) in [6.45, 7) is 1.78. The highest BCUT2D eigenvalue weighted by atomic mass is 35.5. The van der Waals surface area contributed by atoms with E-state index in [0.717, 1.165) is 5.56 Å². The molecule has 0 fully saturated rings. The number of rotatable bonds is 8. The molecule has 194 valence electrons. The number of phenolic OH excluding ortho intramolecular Hbond substituents is 1. The number of carbonyl (C=O) groups excluding carboxylic acids is 2. The van der Waals surface area contributed by atoms with E-state index in [1.165, 1.54) is 12.1 Å². The summed E-state index contributed by atoms with van der Waals surface area (Å²) in [6.07, 6.45) is -0.403. The van der Waals surface area contributed by atoms with E-state index in [-0.39, 0.29) is 29.2 Å². The van der Waals surface area contributed by atoms with Crippen molar-refractivity contribution in [3.63, 3.8) is 0 Å². The Morgan fingerprint density at radius 3 is 2.24 bits per heavy atom. The summed E-state index contributed by atoms with van der Waals surface area (Å²) in [5.41, 5.74) is 1.51. The molecule has 0 aliphatic carbocycles. The minimum Gasteiger partial charge on any atom is -0.506 e. The Hall–Kier alpha value is -4.27. The molecule has 0 saturated carbocycles. The number of carbonyl (C=O) groups is 3.